The van der Waals surface area contributed by atoms with E-state index in [0.717, 1.165) is 45.0 Å². The first-order valence-corrected chi connectivity index (χ1v) is 10.4. The fraction of sp³-hybridized carbons (Fsp3) is 0.800. The summed E-state index contributed by atoms with van der Waals surface area (Å²) >= 11 is 0. The van der Waals surface area contributed by atoms with E-state index in [9.17, 15) is 4.79 Å². The highest BCUT2D eigenvalue weighted by Crippen LogP contribution is 2.26. The molecule has 1 aromatic rings. The average molecular weight is 393 g/mol. The van der Waals surface area contributed by atoms with E-state index in [1.807, 2.05) is 22.6 Å². The Bertz CT molecular complexity index is 662. The Hall–Kier alpha value is -1.48. The second kappa shape index (κ2) is 8.90. The summed E-state index contributed by atoms with van der Waals surface area (Å²) in [6, 6.07) is 0. The van der Waals surface area contributed by atoms with Gasteiger partial charge < -0.3 is 23.7 Å². The van der Waals surface area contributed by atoms with Crippen molar-refractivity contribution in [2.45, 2.75) is 44.4 Å². The van der Waals surface area contributed by atoms with Crippen molar-refractivity contribution >= 4 is 5.91 Å². The molecule has 0 bridgehead atoms. The van der Waals surface area contributed by atoms with E-state index in [0.29, 0.717) is 45.6 Å². The first-order chi connectivity index (χ1) is 13.7. The third kappa shape index (κ3) is 4.40. The van der Waals surface area contributed by atoms with Crippen LogP contribution in [0.25, 0.3) is 0 Å². The van der Waals surface area contributed by atoms with Crippen molar-refractivity contribution in [2.24, 2.45) is 0 Å². The summed E-state index contributed by atoms with van der Waals surface area (Å²) in [6.07, 6.45) is 7.44. The molecule has 2 unspecified atom stereocenters. The Morgan fingerprint density at radius 3 is 2.71 bits per heavy atom. The maximum absolute atomic E-state index is 13.0. The molecule has 8 heteroatoms. The van der Waals surface area contributed by atoms with E-state index in [1.54, 1.807) is 6.20 Å². The smallest absolute Gasteiger partial charge is 0.242 e. The number of morpholine rings is 1. The van der Waals surface area contributed by atoms with Crippen molar-refractivity contribution in [3.63, 3.8) is 0 Å². The van der Waals surface area contributed by atoms with Gasteiger partial charge in [0.2, 0.25) is 5.91 Å². The second-order valence-electron chi connectivity index (χ2n) is 8.16. The molecule has 3 saturated heterocycles. The van der Waals surface area contributed by atoms with E-state index in [4.69, 9.17) is 14.2 Å². The number of rotatable bonds is 6. The SMILES string of the molecule is Cc1nccn1CC(=O)N1CCOCC2(COCCN2CCCC2CCO2)C1. The lowest BCUT2D eigenvalue weighted by atomic mass is 9.95. The summed E-state index contributed by atoms with van der Waals surface area (Å²) < 4.78 is 19.3. The van der Waals surface area contributed by atoms with Crippen molar-refractivity contribution in [2.75, 3.05) is 59.2 Å². The highest BCUT2D eigenvalue weighted by Gasteiger charge is 2.43. The molecule has 1 amide bonds. The molecule has 0 radical (unpaired) electrons. The van der Waals surface area contributed by atoms with Crippen molar-refractivity contribution in [1.29, 1.82) is 0 Å². The molecule has 1 spiro atoms. The van der Waals surface area contributed by atoms with Crippen LogP contribution in [0, 0.1) is 6.92 Å². The molecule has 156 valence electrons. The van der Waals surface area contributed by atoms with Crippen molar-refractivity contribution in [3.8, 4) is 0 Å². The summed E-state index contributed by atoms with van der Waals surface area (Å²) in [5.74, 6) is 0.967. The van der Waals surface area contributed by atoms with Crippen LogP contribution in [-0.2, 0) is 25.5 Å². The van der Waals surface area contributed by atoms with Gasteiger partial charge in [0, 0.05) is 38.6 Å². The van der Waals surface area contributed by atoms with Crippen LogP contribution in [-0.4, -0.2) is 96.1 Å². The zero-order valence-electron chi connectivity index (χ0n) is 16.8. The van der Waals surface area contributed by atoms with E-state index in [-0.39, 0.29) is 11.4 Å². The Morgan fingerprint density at radius 2 is 2.04 bits per heavy atom. The highest BCUT2D eigenvalue weighted by molar-refractivity contribution is 5.76. The molecule has 28 heavy (non-hydrogen) atoms. The molecule has 2 atom stereocenters. The minimum atomic E-state index is -0.255. The van der Waals surface area contributed by atoms with Gasteiger partial charge >= 0.3 is 0 Å². The average Bonchev–Trinajstić information content (AvgIpc) is 2.93. The molecule has 3 fully saturated rings. The Balaban J connectivity index is 1.41. The molecule has 3 aliphatic rings. The molecular weight excluding hydrogens is 360 g/mol. The number of aromatic nitrogens is 2. The van der Waals surface area contributed by atoms with Crippen LogP contribution in [0.5, 0.6) is 0 Å². The minimum absolute atomic E-state index is 0.111. The molecule has 0 aliphatic carbocycles. The van der Waals surface area contributed by atoms with E-state index in [1.165, 1.54) is 6.42 Å². The highest BCUT2D eigenvalue weighted by atomic mass is 16.5. The summed E-state index contributed by atoms with van der Waals surface area (Å²) in [5, 5.41) is 0. The molecule has 0 N–H and O–H groups in total. The van der Waals surface area contributed by atoms with Gasteiger partial charge in [-0.05, 0) is 32.7 Å². The Kier molecular flexibility index (Phi) is 6.30. The largest absolute Gasteiger partial charge is 0.378 e. The number of imidazole rings is 1. The van der Waals surface area contributed by atoms with Gasteiger partial charge in [-0.2, -0.15) is 0 Å². The maximum Gasteiger partial charge on any atom is 0.242 e. The Labute approximate surface area is 166 Å². The molecule has 3 aliphatic heterocycles. The quantitative estimate of drug-likeness (QED) is 0.710. The number of nitrogens with zero attached hydrogens (tertiary/aromatic N) is 4. The molecule has 8 nitrogen and oxygen atoms in total. The summed E-state index contributed by atoms with van der Waals surface area (Å²) in [4.78, 5) is 21.7. The van der Waals surface area contributed by atoms with Crippen LogP contribution in [0.1, 0.15) is 25.1 Å². The lowest BCUT2D eigenvalue weighted by molar-refractivity contribution is -0.137. The van der Waals surface area contributed by atoms with Crippen LogP contribution < -0.4 is 0 Å². The van der Waals surface area contributed by atoms with Gasteiger partial charge in [-0.15, -0.1) is 0 Å². The second-order valence-corrected chi connectivity index (χ2v) is 8.16. The normalized spacial score (nSPS) is 28.9. The first kappa shape index (κ1) is 19.8. The fourth-order valence-electron chi connectivity index (χ4n) is 4.36. The predicted octanol–water partition coefficient (Wildman–Crippen LogP) is 0.690. The molecule has 0 aromatic carbocycles. The van der Waals surface area contributed by atoms with E-state index in [2.05, 4.69) is 9.88 Å². The summed E-state index contributed by atoms with van der Waals surface area (Å²) in [7, 11) is 0. The van der Waals surface area contributed by atoms with Crippen molar-refractivity contribution < 1.29 is 19.0 Å². The Morgan fingerprint density at radius 1 is 1.25 bits per heavy atom. The molecule has 4 heterocycles. The van der Waals surface area contributed by atoms with Gasteiger partial charge in [0.25, 0.3) is 0 Å². The fourth-order valence-corrected chi connectivity index (χ4v) is 4.36. The summed E-state index contributed by atoms with van der Waals surface area (Å²) in [6.45, 7) is 8.84. The van der Waals surface area contributed by atoms with Crippen LogP contribution in [0.3, 0.4) is 0 Å². The lowest BCUT2D eigenvalue weighted by Gasteiger charge is -2.47. The molecule has 0 saturated carbocycles. The van der Waals surface area contributed by atoms with Crippen molar-refractivity contribution in [1.82, 2.24) is 19.4 Å². The third-order valence-corrected chi connectivity index (χ3v) is 6.24. The van der Waals surface area contributed by atoms with Gasteiger partial charge in [0.15, 0.2) is 0 Å². The summed E-state index contributed by atoms with van der Waals surface area (Å²) in [5.41, 5.74) is -0.255. The minimum Gasteiger partial charge on any atom is -0.378 e. The number of carbonyl (C=O) groups excluding carboxylic acids is 1. The monoisotopic (exact) mass is 392 g/mol. The van der Waals surface area contributed by atoms with Gasteiger partial charge in [-0.3, -0.25) is 9.69 Å². The number of amides is 1. The number of hydrogen-bond acceptors (Lipinski definition) is 6. The van der Waals surface area contributed by atoms with Gasteiger partial charge in [0.05, 0.1) is 38.1 Å². The molecule has 1 aromatic heterocycles. The number of aryl methyl sites for hydroxylation is 1. The van der Waals surface area contributed by atoms with Crippen LogP contribution in [0.4, 0.5) is 0 Å². The third-order valence-electron chi connectivity index (χ3n) is 6.24. The van der Waals surface area contributed by atoms with Gasteiger partial charge in [-0.1, -0.05) is 0 Å². The van der Waals surface area contributed by atoms with Crippen LogP contribution >= 0.6 is 0 Å². The topological polar surface area (TPSA) is 69.1 Å². The molecule has 4 rings (SSSR count). The van der Waals surface area contributed by atoms with Gasteiger partial charge in [0.1, 0.15) is 12.4 Å². The maximum atomic E-state index is 13.0. The lowest BCUT2D eigenvalue weighted by Crippen LogP contribution is -2.64. The standard InChI is InChI=1S/C20H32N4O4/c1-17-21-5-7-22(17)13-19(25)23-8-11-26-15-20(14-23)16-27-12-9-24(20)6-2-3-18-4-10-28-18/h5,7,18H,2-4,6,8-16H2,1H3. The zero-order chi connectivity index (χ0) is 19.4. The van der Waals surface area contributed by atoms with Gasteiger partial charge in [-0.25, -0.2) is 4.98 Å². The number of ether oxygens (including phenoxy) is 3. The van der Waals surface area contributed by atoms with Crippen LogP contribution in [0.2, 0.25) is 0 Å². The molecular formula is C20H32N4O4. The van der Waals surface area contributed by atoms with Crippen molar-refractivity contribution in [3.05, 3.63) is 18.2 Å². The van der Waals surface area contributed by atoms with Crippen LogP contribution in [0.15, 0.2) is 12.4 Å². The predicted molar refractivity (Wildman–Crippen MR) is 103 cm³/mol. The number of carbonyl (C=O) groups is 1. The van der Waals surface area contributed by atoms with E-state index >= 15 is 0 Å². The zero-order valence-corrected chi connectivity index (χ0v) is 16.8. The number of hydrogen-bond donors (Lipinski definition) is 0. The first-order valence-electron chi connectivity index (χ1n) is 10.4. The van der Waals surface area contributed by atoms with E-state index < -0.39 is 0 Å².